The summed E-state index contributed by atoms with van der Waals surface area (Å²) in [5.74, 6) is 0. The number of aryl methyl sites for hydroxylation is 2. The zero-order chi connectivity index (χ0) is 21.7. The van der Waals surface area contributed by atoms with Crippen LogP contribution in [-0.2, 0) is 32.2 Å². The van der Waals surface area contributed by atoms with Gasteiger partial charge in [0.05, 0.1) is 12.6 Å². The fourth-order valence-corrected chi connectivity index (χ4v) is 7.40. The minimum absolute atomic E-state index is 0.0344. The summed E-state index contributed by atoms with van der Waals surface area (Å²) in [5.41, 5.74) is 7.88. The van der Waals surface area contributed by atoms with Gasteiger partial charge in [0.15, 0.2) is 0 Å². The van der Waals surface area contributed by atoms with Gasteiger partial charge in [-0.1, -0.05) is 19.1 Å². The number of hydrogen-bond donors (Lipinski definition) is 1. The molecule has 0 bridgehead atoms. The maximum Gasteiger partial charge on any atom is 0.322 e. The predicted octanol–water partition coefficient (Wildman–Crippen LogP) is 6.80. The van der Waals surface area contributed by atoms with Crippen molar-refractivity contribution < 1.29 is 4.79 Å². The summed E-state index contributed by atoms with van der Waals surface area (Å²) in [4.78, 5) is 17.4. The Morgan fingerprint density at radius 3 is 2.69 bits per heavy atom. The minimum Gasteiger partial charge on any atom is -0.312 e. The number of anilines is 1. The van der Waals surface area contributed by atoms with Crippen molar-refractivity contribution in [2.24, 2.45) is 0 Å². The van der Waals surface area contributed by atoms with Crippen LogP contribution in [0.15, 0.2) is 36.5 Å². The van der Waals surface area contributed by atoms with Crippen LogP contribution in [0.5, 0.6) is 0 Å². The molecule has 3 aliphatic rings. The first-order valence-electron chi connectivity index (χ1n) is 12.2. The monoisotopic (exact) mass is 445 g/mol. The number of nitrogens with zero attached hydrogens (tertiary/aromatic N) is 2. The molecule has 3 heterocycles. The molecule has 3 aromatic rings. The Labute approximate surface area is 194 Å². The molecule has 0 fully saturated rings. The summed E-state index contributed by atoms with van der Waals surface area (Å²) in [6, 6.07) is 10.8. The smallest absolute Gasteiger partial charge is 0.312 e. The van der Waals surface area contributed by atoms with Crippen molar-refractivity contribution in [1.29, 1.82) is 0 Å². The SMILES string of the molecule is CC[C@@H]1c2cccn2-c2sc3c(c2CN1C(=O)Nc1cccc2c1CCCC2)CCCC3. The molecular formula is C27H31N3OS. The minimum atomic E-state index is 0.0344. The third-order valence-corrected chi connectivity index (χ3v) is 8.92. The average molecular weight is 446 g/mol. The lowest BCUT2D eigenvalue weighted by atomic mass is 9.90. The van der Waals surface area contributed by atoms with Gasteiger partial charge in [-0.25, -0.2) is 4.79 Å². The Morgan fingerprint density at radius 2 is 1.81 bits per heavy atom. The van der Waals surface area contributed by atoms with Crippen LogP contribution in [0.2, 0.25) is 0 Å². The molecule has 0 saturated carbocycles. The lowest BCUT2D eigenvalue weighted by Crippen LogP contribution is -2.37. The Balaban J connectivity index is 1.40. The molecule has 4 nitrogen and oxygen atoms in total. The Bertz CT molecular complexity index is 1170. The summed E-state index contributed by atoms with van der Waals surface area (Å²) in [6.07, 6.45) is 12.6. The van der Waals surface area contributed by atoms with Gasteiger partial charge in [-0.3, -0.25) is 0 Å². The molecule has 2 aliphatic carbocycles. The number of aromatic nitrogens is 1. The normalized spacial score (nSPS) is 19.4. The van der Waals surface area contributed by atoms with Crippen molar-refractivity contribution in [3.05, 3.63) is 69.4 Å². The fraction of sp³-hybridized carbons (Fsp3) is 0.444. The van der Waals surface area contributed by atoms with Crippen LogP contribution in [0, 0.1) is 0 Å². The topological polar surface area (TPSA) is 37.3 Å². The largest absolute Gasteiger partial charge is 0.322 e. The van der Waals surface area contributed by atoms with Crippen LogP contribution in [0.1, 0.15) is 77.9 Å². The van der Waals surface area contributed by atoms with Gasteiger partial charge in [0.25, 0.3) is 0 Å². The first-order chi connectivity index (χ1) is 15.7. The van der Waals surface area contributed by atoms with E-state index in [1.54, 1.807) is 0 Å². The van der Waals surface area contributed by atoms with Gasteiger partial charge in [-0.15, -0.1) is 11.3 Å². The number of carbonyl (C=O) groups is 1. The first kappa shape index (κ1) is 20.1. The van der Waals surface area contributed by atoms with E-state index in [1.165, 1.54) is 69.9 Å². The van der Waals surface area contributed by atoms with E-state index in [0.29, 0.717) is 6.54 Å². The molecule has 0 saturated heterocycles. The highest BCUT2D eigenvalue weighted by atomic mass is 32.1. The van der Waals surface area contributed by atoms with Crippen LogP contribution in [0.25, 0.3) is 5.00 Å². The molecule has 1 aliphatic heterocycles. The van der Waals surface area contributed by atoms with Crippen LogP contribution < -0.4 is 5.32 Å². The van der Waals surface area contributed by atoms with E-state index in [9.17, 15) is 4.79 Å². The van der Waals surface area contributed by atoms with Crippen LogP contribution in [0.4, 0.5) is 10.5 Å². The van der Waals surface area contributed by atoms with E-state index in [0.717, 1.165) is 31.4 Å². The molecule has 32 heavy (non-hydrogen) atoms. The highest BCUT2D eigenvalue weighted by Crippen LogP contribution is 2.43. The second-order valence-electron chi connectivity index (χ2n) is 9.43. The van der Waals surface area contributed by atoms with Crippen molar-refractivity contribution in [3.8, 4) is 5.00 Å². The molecule has 2 aromatic heterocycles. The van der Waals surface area contributed by atoms with Crippen LogP contribution >= 0.6 is 11.3 Å². The zero-order valence-electron chi connectivity index (χ0n) is 18.8. The molecule has 1 N–H and O–H groups in total. The Hall–Kier alpha value is -2.53. The standard InChI is InChI=1S/C27H31N3OS/c1-2-23-24-14-8-16-29(24)26-21(20-12-5-6-15-25(20)32-26)17-30(23)27(31)28-22-13-7-10-18-9-3-4-11-19(18)22/h7-8,10,13-14,16,23H,2-6,9,11-12,15,17H2,1H3,(H,28,31)/t23-/m1/s1. The highest BCUT2D eigenvalue weighted by molar-refractivity contribution is 7.15. The van der Waals surface area contributed by atoms with Crippen molar-refractivity contribution in [3.63, 3.8) is 0 Å². The van der Waals surface area contributed by atoms with E-state index in [-0.39, 0.29) is 12.1 Å². The molecule has 6 rings (SSSR count). The summed E-state index contributed by atoms with van der Waals surface area (Å²) >= 11 is 1.95. The van der Waals surface area contributed by atoms with E-state index < -0.39 is 0 Å². The van der Waals surface area contributed by atoms with Crippen molar-refractivity contribution in [2.45, 2.75) is 77.3 Å². The summed E-state index contributed by atoms with van der Waals surface area (Å²) < 4.78 is 2.37. The predicted molar refractivity (Wildman–Crippen MR) is 131 cm³/mol. The number of benzene rings is 1. The first-order valence-corrected chi connectivity index (χ1v) is 13.1. The molecule has 166 valence electrons. The third kappa shape index (κ3) is 3.21. The maximum absolute atomic E-state index is 13.8. The van der Waals surface area contributed by atoms with Gasteiger partial charge < -0.3 is 14.8 Å². The number of carbonyl (C=O) groups excluding carboxylic acids is 1. The molecular weight excluding hydrogens is 414 g/mol. The second kappa shape index (κ2) is 8.11. The molecule has 1 aromatic carbocycles. The number of thiophene rings is 1. The quantitative estimate of drug-likeness (QED) is 0.463. The van der Waals surface area contributed by atoms with Gasteiger partial charge >= 0.3 is 6.03 Å². The third-order valence-electron chi connectivity index (χ3n) is 7.59. The van der Waals surface area contributed by atoms with E-state index >= 15 is 0 Å². The number of fused-ring (bicyclic) bond motifs is 6. The Morgan fingerprint density at radius 1 is 1.00 bits per heavy atom. The zero-order valence-corrected chi connectivity index (χ0v) is 19.6. The van der Waals surface area contributed by atoms with Crippen molar-refractivity contribution in [1.82, 2.24) is 9.47 Å². The Kier molecular flexibility index (Phi) is 5.09. The number of rotatable bonds is 2. The van der Waals surface area contributed by atoms with Crippen LogP contribution in [-0.4, -0.2) is 15.5 Å². The molecule has 2 amide bonds. The maximum atomic E-state index is 13.8. The van der Waals surface area contributed by atoms with E-state index in [2.05, 4.69) is 58.2 Å². The van der Waals surface area contributed by atoms with Gasteiger partial charge in [-0.05, 0) is 92.7 Å². The highest BCUT2D eigenvalue weighted by Gasteiger charge is 2.34. The molecule has 1 atom stereocenters. The summed E-state index contributed by atoms with van der Waals surface area (Å²) in [5, 5.41) is 4.67. The molecule has 0 radical (unpaired) electrons. The fourth-order valence-electron chi connectivity index (χ4n) is 5.99. The van der Waals surface area contributed by atoms with Gasteiger partial charge in [0.2, 0.25) is 0 Å². The average Bonchev–Trinajstić information content (AvgIpc) is 3.41. The lowest BCUT2D eigenvalue weighted by molar-refractivity contribution is 0.181. The summed E-state index contributed by atoms with van der Waals surface area (Å²) in [7, 11) is 0. The van der Waals surface area contributed by atoms with Gasteiger partial charge in [0.1, 0.15) is 5.00 Å². The number of hydrogen-bond acceptors (Lipinski definition) is 2. The lowest BCUT2D eigenvalue weighted by Gasteiger charge is -2.31. The van der Waals surface area contributed by atoms with Gasteiger partial charge in [-0.2, -0.15) is 0 Å². The molecule has 5 heteroatoms. The number of amides is 2. The van der Waals surface area contributed by atoms with Crippen molar-refractivity contribution in [2.75, 3.05) is 5.32 Å². The van der Waals surface area contributed by atoms with Gasteiger partial charge in [0, 0.05) is 28.0 Å². The van der Waals surface area contributed by atoms with Crippen molar-refractivity contribution >= 4 is 23.1 Å². The summed E-state index contributed by atoms with van der Waals surface area (Å²) in [6.45, 7) is 2.89. The molecule has 0 unspecified atom stereocenters. The second-order valence-corrected chi connectivity index (χ2v) is 10.5. The van der Waals surface area contributed by atoms with E-state index in [4.69, 9.17) is 0 Å². The number of urea groups is 1. The van der Waals surface area contributed by atoms with E-state index in [1.807, 2.05) is 11.3 Å². The number of nitrogens with one attached hydrogen (secondary N) is 1. The molecule has 0 spiro atoms. The van der Waals surface area contributed by atoms with Crippen LogP contribution in [0.3, 0.4) is 0 Å².